The number of nitrogens with two attached hydrogens (primary N) is 1. The van der Waals surface area contributed by atoms with Crippen LogP contribution < -0.4 is 10.6 Å². The zero-order valence-electron chi connectivity index (χ0n) is 11.7. The van der Waals surface area contributed by atoms with Crippen molar-refractivity contribution in [3.05, 3.63) is 47.4 Å². The molecule has 2 aromatic rings. The minimum atomic E-state index is 0.519. The lowest BCUT2D eigenvalue weighted by Crippen LogP contribution is -2.16. The average Bonchev–Trinajstić information content (AvgIpc) is 2.45. The Balaban J connectivity index is 2.43. The summed E-state index contributed by atoms with van der Waals surface area (Å²) < 4.78 is 0. The first kappa shape index (κ1) is 13.5. The topological polar surface area (TPSA) is 55.0 Å². The maximum Gasteiger partial charge on any atom is 0.136 e. The summed E-state index contributed by atoms with van der Waals surface area (Å²) in [6.45, 7) is 4.54. The number of aryl methyl sites for hydroxylation is 2. The summed E-state index contributed by atoms with van der Waals surface area (Å²) in [5.41, 5.74) is 9.05. The fourth-order valence-electron chi connectivity index (χ4n) is 2.10. The van der Waals surface area contributed by atoms with E-state index in [1.54, 1.807) is 0 Å². The van der Waals surface area contributed by atoms with E-state index in [-0.39, 0.29) is 0 Å². The van der Waals surface area contributed by atoms with E-state index in [4.69, 9.17) is 5.73 Å². The molecular weight excluding hydrogens is 236 g/mol. The molecule has 0 aliphatic heterocycles. The van der Waals surface area contributed by atoms with E-state index < -0.39 is 0 Å². The van der Waals surface area contributed by atoms with Crippen molar-refractivity contribution in [1.29, 1.82) is 0 Å². The molecule has 0 amide bonds. The van der Waals surface area contributed by atoms with Gasteiger partial charge in [0.05, 0.1) is 0 Å². The van der Waals surface area contributed by atoms with Gasteiger partial charge >= 0.3 is 0 Å². The van der Waals surface area contributed by atoms with Crippen LogP contribution in [0.15, 0.2) is 30.3 Å². The van der Waals surface area contributed by atoms with Crippen LogP contribution in [-0.2, 0) is 13.0 Å². The van der Waals surface area contributed by atoms with Gasteiger partial charge in [0.15, 0.2) is 0 Å². The van der Waals surface area contributed by atoms with Crippen molar-refractivity contribution in [1.82, 2.24) is 9.97 Å². The normalized spacial score (nSPS) is 10.5. The number of anilines is 2. The Morgan fingerprint density at radius 1 is 1.21 bits per heavy atom. The number of aromatic nitrogens is 2. The number of nitrogens with zero attached hydrogens (tertiary/aromatic N) is 3. The van der Waals surface area contributed by atoms with Gasteiger partial charge in [-0.05, 0) is 25.0 Å². The SMILES string of the molecule is CCc1cc(N(C)c2ccccc2CN)nc(C)n1. The molecule has 2 N–H and O–H groups in total. The molecule has 0 saturated carbocycles. The summed E-state index contributed by atoms with van der Waals surface area (Å²) in [5, 5.41) is 0. The fourth-order valence-corrected chi connectivity index (χ4v) is 2.10. The molecule has 1 heterocycles. The second-order valence-electron chi connectivity index (χ2n) is 4.51. The molecule has 0 atom stereocenters. The van der Waals surface area contributed by atoms with Crippen molar-refractivity contribution in [3.63, 3.8) is 0 Å². The number of hydrogen-bond donors (Lipinski definition) is 1. The molecule has 100 valence electrons. The van der Waals surface area contributed by atoms with Crippen molar-refractivity contribution < 1.29 is 0 Å². The van der Waals surface area contributed by atoms with E-state index in [0.717, 1.165) is 35.0 Å². The smallest absolute Gasteiger partial charge is 0.136 e. The zero-order valence-corrected chi connectivity index (χ0v) is 11.7. The highest BCUT2D eigenvalue weighted by molar-refractivity contribution is 5.63. The Labute approximate surface area is 114 Å². The molecule has 0 unspecified atom stereocenters. The van der Waals surface area contributed by atoms with Crippen LogP contribution >= 0.6 is 0 Å². The maximum atomic E-state index is 5.79. The van der Waals surface area contributed by atoms with E-state index >= 15 is 0 Å². The second-order valence-corrected chi connectivity index (χ2v) is 4.51. The molecule has 2 rings (SSSR count). The maximum absolute atomic E-state index is 5.79. The zero-order chi connectivity index (χ0) is 13.8. The van der Waals surface area contributed by atoms with Gasteiger partial charge in [0.1, 0.15) is 11.6 Å². The predicted molar refractivity (Wildman–Crippen MR) is 78.5 cm³/mol. The van der Waals surface area contributed by atoms with E-state index in [1.807, 2.05) is 38.2 Å². The molecule has 1 aromatic carbocycles. The van der Waals surface area contributed by atoms with E-state index in [2.05, 4.69) is 27.9 Å². The average molecular weight is 256 g/mol. The largest absolute Gasteiger partial charge is 0.329 e. The summed E-state index contributed by atoms with van der Waals surface area (Å²) >= 11 is 0. The van der Waals surface area contributed by atoms with E-state index in [0.29, 0.717) is 6.54 Å². The van der Waals surface area contributed by atoms with Crippen LogP contribution in [0.1, 0.15) is 24.0 Å². The molecule has 0 radical (unpaired) electrons. The van der Waals surface area contributed by atoms with Gasteiger partial charge in [0.2, 0.25) is 0 Å². The van der Waals surface area contributed by atoms with Crippen molar-refractivity contribution in [2.75, 3.05) is 11.9 Å². The van der Waals surface area contributed by atoms with Gasteiger partial charge in [-0.3, -0.25) is 0 Å². The number of hydrogen-bond acceptors (Lipinski definition) is 4. The first-order chi connectivity index (χ1) is 9.15. The Bertz CT molecular complexity index is 566. The van der Waals surface area contributed by atoms with Gasteiger partial charge in [-0.2, -0.15) is 0 Å². The van der Waals surface area contributed by atoms with Crippen molar-refractivity contribution in [2.45, 2.75) is 26.8 Å². The molecule has 4 heteroatoms. The van der Waals surface area contributed by atoms with Crippen molar-refractivity contribution in [3.8, 4) is 0 Å². The molecule has 1 aromatic heterocycles. The van der Waals surface area contributed by atoms with Gasteiger partial charge in [0, 0.05) is 31.0 Å². The molecule has 19 heavy (non-hydrogen) atoms. The summed E-state index contributed by atoms with van der Waals surface area (Å²) in [5.74, 6) is 1.71. The van der Waals surface area contributed by atoms with Crippen LogP contribution in [0.25, 0.3) is 0 Å². The predicted octanol–water partition coefficient (Wildman–Crippen LogP) is 2.57. The minimum absolute atomic E-state index is 0.519. The van der Waals surface area contributed by atoms with Gasteiger partial charge in [0.25, 0.3) is 0 Å². The van der Waals surface area contributed by atoms with Crippen LogP contribution in [0.4, 0.5) is 11.5 Å². The van der Waals surface area contributed by atoms with Crippen LogP contribution in [-0.4, -0.2) is 17.0 Å². The van der Waals surface area contributed by atoms with Crippen LogP contribution in [0.2, 0.25) is 0 Å². The highest BCUT2D eigenvalue weighted by Gasteiger charge is 2.10. The molecule has 0 spiro atoms. The van der Waals surface area contributed by atoms with Gasteiger partial charge in [-0.15, -0.1) is 0 Å². The summed E-state index contributed by atoms with van der Waals surface area (Å²) in [6, 6.07) is 10.1. The third kappa shape index (κ3) is 2.90. The van der Waals surface area contributed by atoms with Gasteiger partial charge in [-0.25, -0.2) is 9.97 Å². The van der Waals surface area contributed by atoms with Crippen molar-refractivity contribution >= 4 is 11.5 Å². The molecular formula is C15H20N4. The van der Waals surface area contributed by atoms with Crippen LogP contribution in [0, 0.1) is 6.92 Å². The molecule has 0 aliphatic carbocycles. The number of benzene rings is 1. The van der Waals surface area contributed by atoms with Gasteiger partial charge in [-0.1, -0.05) is 25.1 Å². The Morgan fingerprint density at radius 3 is 2.63 bits per heavy atom. The quantitative estimate of drug-likeness (QED) is 0.913. The lowest BCUT2D eigenvalue weighted by Gasteiger charge is -2.21. The Kier molecular flexibility index (Phi) is 4.12. The molecule has 0 fully saturated rings. The highest BCUT2D eigenvalue weighted by Crippen LogP contribution is 2.25. The van der Waals surface area contributed by atoms with Crippen molar-refractivity contribution in [2.24, 2.45) is 5.73 Å². The summed E-state index contributed by atoms with van der Waals surface area (Å²) in [6.07, 6.45) is 0.905. The lowest BCUT2D eigenvalue weighted by atomic mass is 10.1. The first-order valence-electron chi connectivity index (χ1n) is 6.52. The van der Waals surface area contributed by atoms with Crippen LogP contribution in [0.5, 0.6) is 0 Å². The Morgan fingerprint density at radius 2 is 1.95 bits per heavy atom. The third-order valence-corrected chi connectivity index (χ3v) is 3.16. The molecule has 0 bridgehead atoms. The fraction of sp³-hybridized carbons (Fsp3) is 0.333. The minimum Gasteiger partial charge on any atom is -0.329 e. The third-order valence-electron chi connectivity index (χ3n) is 3.16. The van der Waals surface area contributed by atoms with Crippen LogP contribution in [0.3, 0.4) is 0 Å². The molecule has 0 saturated heterocycles. The molecule has 0 aliphatic rings. The number of para-hydroxylation sites is 1. The summed E-state index contributed by atoms with van der Waals surface area (Å²) in [7, 11) is 2.01. The standard InChI is InChI=1S/C15H20N4/c1-4-13-9-15(18-11(2)17-13)19(3)14-8-6-5-7-12(14)10-16/h5-9H,4,10,16H2,1-3H3. The van der Waals surface area contributed by atoms with Gasteiger partial charge < -0.3 is 10.6 Å². The van der Waals surface area contributed by atoms with E-state index in [9.17, 15) is 0 Å². The summed E-state index contributed by atoms with van der Waals surface area (Å²) in [4.78, 5) is 11.0. The Hall–Kier alpha value is -1.94. The first-order valence-corrected chi connectivity index (χ1v) is 6.52. The lowest BCUT2D eigenvalue weighted by molar-refractivity contribution is 0.930. The highest BCUT2D eigenvalue weighted by atomic mass is 15.2. The monoisotopic (exact) mass is 256 g/mol. The second kappa shape index (κ2) is 5.80. The van der Waals surface area contributed by atoms with E-state index in [1.165, 1.54) is 0 Å². The molecule has 4 nitrogen and oxygen atoms in total. The number of rotatable bonds is 4.